The van der Waals surface area contributed by atoms with Gasteiger partial charge in [-0.3, -0.25) is 4.79 Å². The number of aromatic nitrogens is 1. The van der Waals surface area contributed by atoms with Crippen LogP contribution < -0.4 is 5.73 Å². The first-order valence-corrected chi connectivity index (χ1v) is 11.1. The Bertz CT molecular complexity index is 1210. The molecule has 29 heavy (non-hydrogen) atoms. The first-order valence-electron chi connectivity index (χ1n) is 8.84. The lowest BCUT2D eigenvalue weighted by atomic mass is 10.0. The molecule has 1 amide bonds. The summed E-state index contributed by atoms with van der Waals surface area (Å²) in [5.74, 6) is -1.20. The minimum absolute atomic E-state index is 0.0150. The molecule has 1 atom stereocenters. The molecule has 0 bridgehead atoms. The fourth-order valence-electron chi connectivity index (χ4n) is 3.36. The second-order valence-electron chi connectivity index (χ2n) is 6.70. The standard InChI is InChI=1S/C19H18FN3O4S2/c1-11-4-5-12(9-14(11)20)29(25,26)23-7-8-27-15(10-23)16-13-3-2-6-22-19(13)28-17(16)18(21)24/h2-6,9,15H,7-8,10H2,1H3,(H2,21,24)/t15-/m0/s1. The van der Waals surface area contributed by atoms with Crippen LogP contribution in [-0.2, 0) is 14.8 Å². The van der Waals surface area contributed by atoms with Crippen LogP contribution in [0.4, 0.5) is 4.39 Å². The highest BCUT2D eigenvalue weighted by Crippen LogP contribution is 2.38. The predicted molar refractivity (Wildman–Crippen MR) is 107 cm³/mol. The van der Waals surface area contributed by atoms with Gasteiger partial charge in [0, 0.05) is 30.2 Å². The minimum atomic E-state index is -3.93. The molecule has 1 saturated heterocycles. The van der Waals surface area contributed by atoms with Crippen molar-refractivity contribution < 1.29 is 22.3 Å². The van der Waals surface area contributed by atoms with Crippen molar-refractivity contribution >= 4 is 37.5 Å². The number of hydrogen-bond acceptors (Lipinski definition) is 6. The first-order chi connectivity index (χ1) is 13.8. The smallest absolute Gasteiger partial charge is 0.259 e. The van der Waals surface area contributed by atoms with Gasteiger partial charge in [-0.1, -0.05) is 12.1 Å². The third-order valence-corrected chi connectivity index (χ3v) is 7.87. The van der Waals surface area contributed by atoms with Crippen molar-refractivity contribution in [3.05, 3.63) is 58.3 Å². The zero-order valence-electron chi connectivity index (χ0n) is 15.5. The van der Waals surface area contributed by atoms with Crippen LogP contribution in [-0.4, -0.2) is 43.3 Å². The number of carbonyl (C=O) groups is 1. The van der Waals surface area contributed by atoms with E-state index in [0.29, 0.717) is 26.2 Å². The lowest BCUT2D eigenvalue weighted by molar-refractivity contribution is -0.00189. The molecule has 2 aromatic heterocycles. The van der Waals surface area contributed by atoms with Gasteiger partial charge in [0.05, 0.1) is 17.6 Å². The summed E-state index contributed by atoms with van der Waals surface area (Å²) < 4.78 is 47.1. The Labute approximate surface area is 171 Å². The summed E-state index contributed by atoms with van der Waals surface area (Å²) in [5, 5.41) is 0.705. The third kappa shape index (κ3) is 3.52. The molecular formula is C19H18FN3O4S2. The molecule has 0 aliphatic carbocycles. The number of fused-ring (bicyclic) bond motifs is 1. The van der Waals surface area contributed by atoms with Gasteiger partial charge in [0.15, 0.2) is 0 Å². The number of hydrogen-bond donors (Lipinski definition) is 1. The molecule has 10 heteroatoms. The SMILES string of the molecule is Cc1ccc(S(=O)(=O)N2CCO[C@H](c3c(C(N)=O)sc4ncccc34)C2)cc1F. The molecule has 7 nitrogen and oxygen atoms in total. The highest BCUT2D eigenvalue weighted by atomic mass is 32.2. The number of rotatable bonds is 4. The normalized spacial score (nSPS) is 18.2. The molecule has 2 N–H and O–H groups in total. The number of halogens is 1. The molecule has 0 radical (unpaired) electrons. The number of amides is 1. The molecule has 1 aliphatic heterocycles. The van der Waals surface area contributed by atoms with E-state index in [2.05, 4.69) is 4.98 Å². The van der Waals surface area contributed by atoms with Gasteiger partial charge >= 0.3 is 0 Å². The number of benzene rings is 1. The van der Waals surface area contributed by atoms with Crippen LogP contribution in [0.25, 0.3) is 10.2 Å². The average Bonchev–Trinajstić information content (AvgIpc) is 3.10. The molecule has 1 aliphatic rings. The van der Waals surface area contributed by atoms with E-state index in [1.807, 2.05) is 0 Å². The molecule has 3 heterocycles. The summed E-state index contributed by atoms with van der Waals surface area (Å²) in [6.45, 7) is 1.81. The van der Waals surface area contributed by atoms with Gasteiger partial charge in [0.25, 0.3) is 5.91 Å². The molecule has 4 rings (SSSR count). The summed E-state index contributed by atoms with van der Waals surface area (Å²) in [5.41, 5.74) is 6.45. The van der Waals surface area contributed by atoms with Gasteiger partial charge in [0.1, 0.15) is 15.5 Å². The first kappa shape index (κ1) is 19.9. The van der Waals surface area contributed by atoms with Crippen molar-refractivity contribution in [2.75, 3.05) is 19.7 Å². The van der Waals surface area contributed by atoms with E-state index in [1.165, 1.54) is 16.4 Å². The van der Waals surface area contributed by atoms with Gasteiger partial charge in [-0.15, -0.1) is 11.3 Å². The predicted octanol–water partition coefficient (Wildman–Crippen LogP) is 2.60. The lowest BCUT2D eigenvalue weighted by Gasteiger charge is -2.32. The van der Waals surface area contributed by atoms with Crippen LogP contribution in [0.3, 0.4) is 0 Å². The topological polar surface area (TPSA) is 103 Å². The second-order valence-corrected chi connectivity index (χ2v) is 9.64. The van der Waals surface area contributed by atoms with E-state index in [9.17, 15) is 17.6 Å². The number of carbonyl (C=O) groups excluding carboxylic acids is 1. The number of morpholine rings is 1. The molecule has 152 valence electrons. The fourth-order valence-corrected chi connectivity index (χ4v) is 5.84. The van der Waals surface area contributed by atoms with Crippen LogP contribution >= 0.6 is 11.3 Å². The number of ether oxygens (including phenoxy) is 1. The summed E-state index contributed by atoms with van der Waals surface area (Å²) in [4.78, 5) is 17.0. The van der Waals surface area contributed by atoms with Crippen LogP contribution in [0.15, 0.2) is 41.4 Å². The quantitative estimate of drug-likeness (QED) is 0.679. The van der Waals surface area contributed by atoms with Crippen LogP contribution in [0, 0.1) is 12.7 Å². The van der Waals surface area contributed by atoms with Crippen LogP contribution in [0.2, 0.25) is 0 Å². The van der Waals surface area contributed by atoms with Crippen LogP contribution in [0.1, 0.15) is 26.9 Å². The third-order valence-electron chi connectivity index (χ3n) is 4.86. The van der Waals surface area contributed by atoms with Crippen molar-refractivity contribution in [1.29, 1.82) is 0 Å². The summed E-state index contributed by atoms with van der Waals surface area (Å²) in [7, 11) is -3.93. The molecular weight excluding hydrogens is 417 g/mol. The van der Waals surface area contributed by atoms with Crippen molar-refractivity contribution in [3.8, 4) is 0 Å². The summed E-state index contributed by atoms with van der Waals surface area (Å²) in [6.07, 6.45) is 0.923. The molecule has 0 saturated carbocycles. The van der Waals surface area contributed by atoms with Crippen molar-refractivity contribution in [1.82, 2.24) is 9.29 Å². The Balaban J connectivity index is 1.72. The molecule has 1 fully saturated rings. The van der Waals surface area contributed by atoms with Crippen molar-refractivity contribution in [2.24, 2.45) is 5.73 Å². The minimum Gasteiger partial charge on any atom is -0.371 e. The maximum absolute atomic E-state index is 13.9. The average molecular weight is 436 g/mol. The second kappa shape index (κ2) is 7.45. The Morgan fingerprint density at radius 3 is 2.90 bits per heavy atom. The van der Waals surface area contributed by atoms with Gasteiger partial charge in [-0.2, -0.15) is 4.31 Å². The van der Waals surface area contributed by atoms with Gasteiger partial charge < -0.3 is 10.5 Å². The lowest BCUT2D eigenvalue weighted by Crippen LogP contribution is -2.42. The molecule has 3 aromatic rings. The molecule has 0 spiro atoms. The zero-order chi connectivity index (χ0) is 20.8. The van der Waals surface area contributed by atoms with Gasteiger partial charge in [-0.05, 0) is 30.7 Å². The highest BCUT2D eigenvalue weighted by molar-refractivity contribution is 7.89. The Kier molecular flexibility index (Phi) is 5.11. The molecule has 0 unspecified atom stereocenters. The highest BCUT2D eigenvalue weighted by Gasteiger charge is 2.35. The number of pyridine rings is 1. The molecule has 1 aromatic carbocycles. The Morgan fingerprint density at radius 1 is 1.38 bits per heavy atom. The van der Waals surface area contributed by atoms with E-state index in [-0.39, 0.29) is 24.6 Å². The fraction of sp³-hybridized carbons (Fsp3) is 0.263. The number of thiophene rings is 1. The monoisotopic (exact) mass is 435 g/mol. The van der Waals surface area contributed by atoms with Crippen LogP contribution in [0.5, 0.6) is 0 Å². The number of primary amides is 1. The number of nitrogens with two attached hydrogens (primary N) is 1. The zero-order valence-corrected chi connectivity index (χ0v) is 17.1. The van der Waals surface area contributed by atoms with E-state index >= 15 is 0 Å². The van der Waals surface area contributed by atoms with Crippen molar-refractivity contribution in [2.45, 2.75) is 17.9 Å². The Hall–Kier alpha value is -2.40. The van der Waals surface area contributed by atoms with Crippen molar-refractivity contribution in [3.63, 3.8) is 0 Å². The van der Waals surface area contributed by atoms with E-state index in [1.54, 1.807) is 25.3 Å². The maximum Gasteiger partial charge on any atom is 0.259 e. The largest absolute Gasteiger partial charge is 0.371 e. The summed E-state index contributed by atoms with van der Waals surface area (Å²) in [6, 6.07) is 7.37. The number of aryl methyl sites for hydroxylation is 1. The summed E-state index contributed by atoms with van der Waals surface area (Å²) >= 11 is 1.15. The number of nitrogens with zero attached hydrogens (tertiary/aromatic N) is 2. The Morgan fingerprint density at radius 2 is 2.17 bits per heavy atom. The van der Waals surface area contributed by atoms with Gasteiger partial charge in [0.2, 0.25) is 10.0 Å². The van der Waals surface area contributed by atoms with E-state index < -0.39 is 27.9 Å². The maximum atomic E-state index is 13.9. The van der Waals surface area contributed by atoms with E-state index in [4.69, 9.17) is 10.5 Å². The van der Waals surface area contributed by atoms with E-state index in [0.717, 1.165) is 17.4 Å². The van der Waals surface area contributed by atoms with Gasteiger partial charge in [-0.25, -0.2) is 17.8 Å². The number of sulfonamides is 1.